The highest BCUT2D eigenvalue weighted by Gasteiger charge is 2.36. The summed E-state index contributed by atoms with van der Waals surface area (Å²) in [6.45, 7) is 5.21. The number of carbonyl (C=O) groups excluding carboxylic acids is 1. The number of rotatable bonds is 8. The predicted molar refractivity (Wildman–Crippen MR) is 150 cm³/mol. The third-order valence-electron chi connectivity index (χ3n) is 6.94. The second-order valence-corrected chi connectivity index (χ2v) is 14.7. The number of halogens is 2. The fourth-order valence-electron chi connectivity index (χ4n) is 5.02. The summed E-state index contributed by atoms with van der Waals surface area (Å²) in [6, 6.07) is 2.85. The van der Waals surface area contributed by atoms with Crippen LogP contribution in [0.25, 0.3) is 10.4 Å². The molecule has 2 aliphatic carbocycles. The van der Waals surface area contributed by atoms with E-state index >= 15 is 0 Å². The maximum atomic E-state index is 13.0. The van der Waals surface area contributed by atoms with Crippen LogP contribution in [0.1, 0.15) is 81.2 Å². The fraction of sp³-hybridized carbons (Fsp3) is 0.577. The number of aliphatic carboxylic acids is 1. The lowest BCUT2D eigenvalue weighted by atomic mass is 9.80. The second-order valence-electron chi connectivity index (χ2n) is 11.3. The molecule has 0 radical (unpaired) electrons. The van der Waals surface area contributed by atoms with Gasteiger partial charge in [-0.15, -0.1) is 11.3 Å². The molecule has 0 bridgehead atoms. The van der Waals surface area contributed by atoms with E-state index in [1.807, 2.05) is 0 Å². The molecule has 0 aliphatic heterocycles. The monoisotopic (exact) mass is 601 g/mol. The van der Waals surface area contributed by atoms with Crippen molar-refractivity contribution in [1.82, 2.24) is 15.0 Å². The molecule has 1 aromatic carbocycles. The minimum Gasteiger partial charge on any atom is -0.481 e. The van der Waals surface area contributed by atoms with E-state index in [2.05, 4.69) is 10.0 Å². The van der Waals surface area contributed by atoms with E-state index < -0.39 is 27.4 Å². The van der Waals surface area contributed by atoms with Gasteiger partial charge in [-0.1, -0.05) is 61.4 Å². The second kappa shape index (κ2) is 11.4. The molecule has 208 valence electrons. The minimum atomic E-state index is -3.92. The van der Waals surface area contributed by atoms with Crippen molar-refractivity contribution in [2.24, 2.45) is 11.8 Å². The summed E-state index contributed by atoms with van der Waals surface area (Å²) in [7, 11) is -3.92. The lowest BCUT2D eigenvalue weighted by Gasteiger charge is -2.32. The molecule has 3 N–H and O–H groups in total. The van der Waals surface area contributed by atoms with Crippen LogP contribution >= 0.6 is 34.5 Å². The Labute approximate surface area is 237 Å². The lowest BCUT2D eigenvalue weighted by molar-refractivity contribution is -0.145. The number of carboxylic acids is 1. The maximum Gasteiger partial charge on any atom is 0.306 e. The van der Waals surface area contributed by atoms with Crippen molar-refractivity contribution < 1.29 is 23.1 Å². The van der Waals surface area contributed by atoms with Crippen LogP contribution in [0.15, 0.2) is 17.0 Å². The van der Waals surface area contributed by atoms with Gasteiger partial charge in [0.2, 0.25) is 10.0 Å². The molecule has 2 aliphatic rings. The van der Waals surface area contributed by atoms with Crippen LogP contribution in [0.2, 0.25) is 10.0 Å². The van der Waals surface area contributed by atoms with Gasteiger partial charge in [-0.25, -0.2) is 18.1 Å². The molecular weight excluding hydrogens is 569 g/mol. The van der Waals surface area contributed by atoms with Gasteiger partial charge in [0.25, 0.3) is 5.91 Å². The summed E-state index contributed by atoms with van der Waals surface area (Å²) in [4.78, 5) is 29.4. The predicted octanol–water partition coefficient (Wildman–Crippen LogP) is 5.91. The van der Waals surface area contributed by atoms with Gasteiger partial charge in [0.1, 0.15) is 4.90 Å². The van der Waals surface area contributed by atoms with Crippen molar-refractivity contribution in [1.29, 1.82) is 0 Å². The molecule has 1 aromatic heterocycles. The maximum absolute atomic E-state index is 13.0. The lowest BCUT2D eigenvalue weighted by Crippen LogP contribution is -2.46. The number of nitrogens with one attached hydrogen (secondary N) is 2. The van der Waals surface area contributed by atoms with Crippen LogP contribution < -0.4 is 10.0 Å². The average Bonchev–Trinajstić information content (AvgIpc) is 3.19. The van der Waals surface area contributed by atoms with Gasteiger partial charge < -0.3 is 10.4 Å². The van der Waals surface area contributed by atoms with E-state index in [4.69, 9.17) is 33.3 Å². The van der Waals surface area contributed by atoms with Crippen LogP contribution in [-0.2, 0) is 21.2 Å². The number of nitrogens with zero attached hydrogens (tertiary/aromatic N) is 1. The highest BCUT2D eigenvalue weighted by atomic mass is 35.5. The van der Waals surface area contributed by atoms with Crippen molar-refractivity contribution in [3.8, 4) is 10.4 Å². The topological polar surface area (TPSA) is 125 Å². The Morgan fingerprint density at radius 3 is 2.37 bits per heavy atom. The number of carboxylic acid groups (broad SMARTS) is 1. The van der Waals surface area contributed by atoms with Crippen LogP contribution in [-0.4, -0.2) is 42.0 Å². The van der Waals surface area contributed by atoms with E-state index in [-0.39, 0.29) is 31.9 Å². The Morgan fingerprint density at radius 1 is 1.11 bits per heavy atom. The van der Waals surface area contributed by atoms with Gasteiger partial charge in [-0.05, 0) is 52.0 Å². The molecule has 0 unspecified atom stereocenters. The summed E-state index contributed by atoms with van der Waals surface area (Å²) in [5, 5.41) is 12.3. The van der Waals surface area contributed by atoms with Crippen LogP contribution in [0.3, 0.4) is 0 Å². The smallest absolute Gasteiger partial charge is 0.306 e. The Balaban J connectivity index is 1.66. The van der Waals surface area contributed by atoms with Crippen LogP contribution in [0.4, 0.5) is 0 Å². The largest absolute Gasteiger partial charge is 0.481 e. The number of aromatic nitrogens is 1. The third-order valence-corrected chi connectivity index (χ3v) is 10.9. The minimum absolute atomic E-state index is 0.0851. The standard InChI is InChI=1S/C26H33Cl2N3O5S2/c1-26(2,3)31-38(35,36)19-10-9-17(20(27)21(19)28)22-18(11-14-7-5-4-6-8-14)30-24(37-22)23(32)29-16-12-15(13-16)25(33)34/h9-10,14-16,31H,4-8,11-13H2,1-3H3,(H,29,32)(H,33,34)/t15-,16-. The van der Waals surface area contributed by atoms with E-state index in [1.165, 1.54) is 23.8 Å². The molecular formula is C26H33Cl2N3O5S2. The SMILES string of the molecule is CC(C)(C)NS(=O)(=O)c1ccc(-c2sc(C(=O)N[C@H]3C[C@H](C(=O)O)C3)nc2CC2CCCCC2)c(Cl)c1Cl. The van der Waals surface area contributed by atoms with E-state index in [1.54, 1.807) is 26.8 Å². The zero-order valence-electron chi connectivity index (χ0n) is 21.6. The zero-order valence-corrected chi connectivity index (χ0v) is 24.8. The van der Waals surface area contributed by atoms with Crippen molar-refractivity contribution in [2.45, 2.75) is 88.6 Å². The number of sulfonamides is 1. The van der Waals surface area contributed by atoms with E-state index in [0.29, 0.717) is 35.6 Å². The Morgan fingerprint density at radius 2 is 1.76 bits per heavy atom. The molecule has 4 rings (SSSR count). The summed E-state index contributed by atoms with van der Waals surface area (Å²) >= 11 is 14.4. The molecule has 12 heteroatoms. The summed E-state index contributed by atoms with van der Waals surface area (Å²) in [6.07, 6.45) is 7.18. The Hall–Kier alpha value is -1.72. The third kappa shape index (κ3) is 6.70. The van der Waals surface area contributed by atoms with Gasteiger partial charge in [0.05, 0.1) is 26.5 Å². The molecule has 2 aromatic rings. The molecule has 1 amide bonds. The zero-order chi connectivity index (χ0) is 27.8. The van der Waals surface area contributed by atoms with Gasteiger partial charge in [0.15, 0.2) is 5.01 Å². The Kier molecular flexibility index (Phi) is 8.79. The molecule has 2 fully saturated rings. The first-order valence-corrected chi connectivity index (χ1v) is 15.9. The molecule has 2 saturated carbocycles. The molecule has 0 saturated heterocycles. The van der Waals surface area contributed by atoms with Crippen LogP contribution in [0.5, 0.6) is 0 Å². The first-order chi connectivity index (χ1) is 17.7. The van der Waals surface area contributed by atoms with Gasteiger partial charge in [-0.2, -0.15) is 0 Å². The van der Waals surface area contributed by atoms with Crippen molar-refractivity contribution in [3.63, 3.8) is 0 Å². The van der Waals surface area contributed by atoms with Gasteiger partial charge in [0, 0.05) is 17.1 Å². The van der Waals surface area contributed by atoms with E-state index in [9.17, 15) is 18.0 Å². The van der Waals surface area contributed by atoms with Crippen molar-refractivity contribution in [2.75, 3.05) is 0 Å². The first-order valence-electron chi connectivity index (χ1n) is 12.8. The number of thiazole rings is 1. The highest BCUT2D eigenvalue weighted by Crippen LogP contribution is 2.43. The molecule has 8 nitrogen and oxygen atoms in total. The molecule has 1 heterocycles. The quantitative estimate of drug-likeness (QED) is 0.345. The van der Waals surface area contributed by atoms with Crippen molar-refractivity contribution in [3.05, 3.63) is 32.9 Å². The normalized spacial score (nSPS) is 20.7. The van der Waals surface area contributed by atoms with E-state index in [0.717, 1.165) is 31.4 Å². The van der Waals surface area contributed by atoms with Gasteiger partial charge in [-0.3, -0.25) is 9.59 Å². The number of hydrogen-bond donors (Lipinski definition) is 3. The molecule has 0 atom stereocenters. The molecule has 0 spiro atoms. The van der Waals surface area contributed by atoms with Crippen LogP contribution in [0, 0.1) is 11.8 Å². The summed E-state index contributed by atoms with van der Waals surface area (Å²) < 4.78 is 28.5. The number of carbonyl (C=O) groups is 2. The number of benzene rings is 1. The summed E-state index contributed by atoms with van der Waals surface area (Å²) in [5.74, 6) is -1.20. The van der Waals surface area contributed by atoms with Crippen molar-refractivity contribution >= 4 is 56.4 Å². The Bertz CT molecular complexity index is 1330. The highest BCUT2D eigenvalue weighted by molar-refractivity contribution is 7.89. The molecule has 38 heavy (non-hydrogen) atoms. The number of amides is 1. The summed E-state index contributed by atoms with van der Waals surface area (Å²) in [5.41, 5.74) is 0.569. The van der Waals surface area contributed by atoms with Gasteiger partial charge >= 0.3 is 5.97 Å². The average molecular weight is 603 g/mol. The fourth-order valence-corrected chi connectivity index (χ4v) is 8.39. The first kappa shape index (κ1) is 29.3. The number of hydrogen-bond acceptors (Lipinski definition) is 6.